The molecule has 7 aromatic carbocycles. The predicted molar refractivity (Wildman–Crippen MR) is 411 cm³/mol. The minimum atomic E-state index is -1.99. The van der Waals surface area contributed by atoms with Crippen molar-refractivity contribution in [3.63, 3.8) is 0 Å². The van der Waals surface area contributed by atoms with Gasteiger partial charge in [0.1, 0.15) is 17.5 Å². The maximum absolute atomic E-state index is 14.4. The van der Waals surface area contributed by atoms with Crippen LogP contribution >= 0.6 is 0 Å². The molecule has 0 spiro atoms. The van der Waals surface area contributed by atoms with E-state index in [0.29, 0.717) is 51.2 Å². The Morgan fingerprint density at radius 2 is 0.939 bits per heavy atom. The topological polar surface area (TPSA) is 116 Å². The van der Waals surface area contributed by atoms with E-state index in [1.165, 1.54) is 22.3 Å². The van der Waals surface area contributed by atoms with E-state index in [-0.39, 0.29) is 103 Å². The number of benzene rings is 7. The molecule has 0 bridgehead atoms. The van der Waals surface area contributed by atoms with Gasteiger partial charge < -0.3 is 43.7 Å². The molecule has 9 heteroatoms. The Labute approximate surface area is 608 Å². The molecule has 1 aliphatic carbocycles. The van der Waals surface area contributed by atoms with Gasteiger partial charge in [-0.15, -0.1) is 0 Å². The zero-order valence-corrected chi connectivity index (χ0v) is 67.8. The van der Waals surface area contributed by atoms with Gasteiger partial charge in [0.2, 0.25) is 5.79 Å². The molecule has 98 heavy (non-hydrogen) atoms. The van der Waals surface area contributed by atoms with Crippen LogP contribution in [0, 0.1) is 67.6 Å². The van der Waals surface area contributed by atoms with Crippen molar-refractivity contribution in [1.82, 2.24) is 9.13 Å². The number of aromatic hydroxyl groups is 1. The molecule has 0 saturated carbocycles. The van der Waals surface area contributed by atoms with Gasteiger partial charge in [-0.1, -0.05) is 189 Å². The van der Waals surface area contributed by atoms with Crippen LogP contribution < -0.4 is 4.74 Å². The fourth-order valence-corrected chi connectivity index (χ4v) is 15.3. The minimum absolute atomic E-state index is 0. The molecule has 1 aliphatic rings. The van der Waals surface area contributed by atoms with Gasteiger partial charge in [-0.2, -0.15) is 10.5 Å². The summed E-state index contributed by atoms with van der Waals surface area (Å²) in [6, 6.07) is 45.0. The molecule has 2 N–H and O–H groups in total. The summed E-state index contributed by atoms with van der Waals surface area (Å²) in [5, 5.41) is 53.4. The Balaban J connectivity index is 0.00000451. The fourth-order valence-electron chi connectivity index (χ4n) is 15.3. The smallest absolute Gasteiger partial charge is 0.218 e. The third kappa shape index (κ3) is 15.6. The molecule has 0 radical (unpaired) electrons. The Morgan fingerprint density at radius 1 is 0.500 bits per heavy atom. The maximum Gasteiger partial charge on any atom is 0.218 e. The number of ether oxygens (including phenoxy) is 2. The van der Waals surface area contributed by atoms with E-state index in [1.807, 2.05) is 38.1 Å². The third-order valence-corrected chi connectivity index (χ3v) is 19.6. The van der Waals surface area contributed by atoms with E-state index in [4.69, 9.17) is 9.47 Å². The number of aryl methyl sites for hydroxylation is 2. The molecule has 0 amide bonds. The van der Waals surface area contributed by atoms with Crippen molar-refractivity contribution in [2.45, 2.75) is 224 Å². The number of rotatable bonds is 14. The number of phenols is 1. The number of hydrogen-bond donors (Lipinski definition) is 2. The maximum atomic E-state index is 14.4. The first-order valence-corrected chi connectivity index (χ1v) is 34.4. The van der Waals surface area contributed by atoms with Gasteiger partial charge in [0, 0.05) is 81.5 Å². The number of fused-ring (bicyclic) bond motifs is 6. The van der Waals surface area contributed by atoms with Gasteiger partial charge in [-0.3, -0.25) is 0 Å². The zero-order valence-electron chi connectivity index (χ0n) is 64.2. The molecule has 518 valence electrons. The van der Waals surface area contributed by atoms with Crippen LogP contribution in [0.25, 0.3) is 66.0 Å². The fraction of sp³-hybridized carbons (Fsp3) is 0.438. The van der Waals surface area contributed by atoms with Crippen molar-refractivity contribution in [2.24, 2.45) is 16.2 Å². The molecule has 0 saturated heterocycles. The van der Waals surface area contributed by atoms with E-state index in [1.54, 1.807) is 0 Å². The van der Waals surface area contributed by atoms with Crippen molar-refractivity contribution in [3.8, 4) is 40.5 Å². The van der Waals surface area contributed by atoms with Gasteiger partial charge in [-0.05, 0) is 211 Å². The molecule has 0 aliphatic heterocycles. The van der Waals surface area contributed by atoms with Crippen molar-refractivity contribution >= 4 is 49.2 Å². The number of phenolic OH excluding ortho intramolecular Hbond substituents is 1. The Hall–Kier alpha value is -7.01. The molecule has 2 aromatic heterocycles. The van der Waals surface area contributed by atoms with Crippen molar-refractivity contribution in [2.75, 3.05) is 13.2 Å². The number of nitriles is 2. The monoisotopic (exact) mass is 1480 g/mol. The van der Waals surface area contributed by atoms with Gasteiger partial charge >= 0.3 is 0 Å². The summed E-state index contributed by atoms with van der Waals surface area (Å²) < 4.78 is 18.9. The van der Waals surface area contributed by atoms with Gasteiger partial charge in [-0.25, -0.2) is 0 Å². The summed E-state index contributed by atoms with van der Waals surface area (Å²) in [7, 11) is 0. The second-order valence-corrected chi connectivity index (χ2v) is 35.6. The Morgan fingerprint density at radius 3 is 1.39 bits per heavy atom. The second kappa shape index (κ2) is 27.5. The first kappa shape index (κ1) is 78.3. The summed E-state index contributed by atoms with van der Waals surface area (Å²) in [6.07, 6.45) is 6.45. The standard InChI is InChI=1S/C87H106N4O4.2CH3.Hf/c1-53-36-55(49-88)39-57(37-53)70-46-63(86(23,24)52-80(6,7)8)48-76(91-73-32-28-60(83(15,16)17)43-66(73)67-44-61(84(18,19)20)29-33-74(67)91)87(70,93)95-35-25-34-94-78-54(2)38-56(50-89)40-69(78)68-45-62(85(21,22)51-79(3,4)5)47-75(77(68)92)90-71-30-26-58(81(9,10)11)41-64(71)65-42-59(82(12,13)14)27-31-72(65)90;;;/h26-33,36-48,76,92-93H,25,34-35,51-52H2,1-24H3;2*1H3;/q;2*-1;. The van der Waals surface area contributed by atoms with E-state index in [0.717, 1.165) is 78.7 Å². The molecule has 0 fully saturated rings. The van der Waals surface area contributed by atoms with Crippen molar-refractivity contribution in [3.05, 3.63) is 203 Å². The van der Waals surface area contributed by atoms with E-state index >= 15 is 0 Å². The third-order valence-electron chi connectivity index (χ3n) is 19.6. The van der Waals surface area contributed by atoms with Crippen LogP contribution in [0.1, 0.15) is 233 Å². The van der Waals surface area contributed by atoms with Crippen LogP contribution in [0.5, 0.6) is 11.5 Å². The van der Waals surface area contributed by atoms with Crippen LogP contribution in [-0.4, -0.2) is 38.3 Å². The van der Waals surface area contributed by atoms with E-state index < -0.39 is 11.8 Å². The molecule has 2 unspecified atom stereocenters. The van der Waals surface area contributed by atoms with Crippen LogP contribution in [-0.2, 0) is 57.7 Å². The van der Waals surface area contributed by atoms with Crippen LogP contribution in [0.15, 0.2) is 133 Å². The molecule has 9 aromatic rings. The first-order chi connectivity index (χ1) is 43.8. The van der Waals surface area contributed by atoms with E-state index in [2.05, 4.69) is 277 Å². The van der Waals surface area contributed by atoms with Crippen LogP contribution in [0.2, 0.25) is 0 Å². The Bertz CT molecular complexity index is 4520. The zero-order chi connectivity index (χ0) is 69.9. The number of hydrogen-bond acceptors (Lipinski definition) is 6. The summed E-state index contributed by atoms with van der Waals surface area (Å²) in [5.41, 5.74) is 15.4. The molecule has 2 atom stereocenters. The summed E-state index contributed by atoms with van der Waals surface area (Å²) in [4.78, 5) is 0. The molecule has 2 heterocycles. The van der Waals surface area contributed by atoms with Crippen molar-refractivity contribution < 1.29 is 45.5 Å². The molecule has 10 rings (SSSR count). The molecular formula is C89H112HfN4O4-2. The van der Waals surface area contributed by atoms with Gasteiger partial charge in [0.15, 0.2) is 0 Å². The van der Waals surface area contributed by atoms with Gasteiger partial charge in [0.25, 0.3) is 0 Å². The number of aromatic nitrogens is 2. The van der Waals surface area contributed by atoms with Gasteiger partial charge in [0.05, 0.1) is 53.2 Å². The summed E-state index contributed by atoms with van der Waals surface area (Å²) >= 11 is 0. The predicted octanol–water partition coefficient (Wildman–Crippen LogP) is 23.6. The van der Waals surface area contributed by atoms with Crippen LogP contribution in [0.4, 0.5) is 0 Å². The summed E-state index contributed by atoms with van der Waals surface area (Å²) in [6.45, 7) is 54.0. The van der Waals surface area contributed by atoms with Crippen LogP contribution in [0.3, 0.4) is 0 Å². The summed E-state index contributed by atoms with van der Waals surface area (Å²) in [5.74, 6) is -1.36. The average Bonchev–Trinajstić information content (AvgIpc) is 1.47. The number of nitrogens with zero attached hydrogens (tertiary/aromatic N) is 4. The molecule has 8 nitrogen and oxygen atoms in total. The number of aliphatic hydroxyl groups is 1. The van der Waals surface area contributed by atoms with Crippen molar-refractivity contribution in [1.29, 1.82) is 10.5 Å². The minimum Gasteiger partial charge on any atom is -0.505 e. The SMILES string of the molecule is Cc1cc(C#N)cc(C2=CC(C(C)(C)CC(C)(C)C)=CC(n3c4ccc(C(C)(C)C)cc4c4cc(C(C)(C)C)ccc43)C2(O)OCCCOc2c(C)cc(C#N)cc2-c2cc(C(C)(C)CC(C)(C)C)cc(-n3c4ccc(C(C)(C)C)cc4c4cc(C(C)(C)C)ccc43)c2O)c1.[CH3-].[CH3-].[Hf]. The Kier molecular flexibility index (Phi) is 22.0. The molecular weight excluding hydrogens is 1370 g/mol. The van der Waals surface area contributed by atoms with E-state index in [9.17, 15) is 20.7 Å². The second-order valence-electron chi connectivity index (χ2n) is 35.6. The first-order valence-electron chi connectivity index (χ1n) is 34.4. The number of allylic oxidation sites excluding steroid dienone is 2. The quantitative estimate of drug-likeness (QED) is 0.0485. The average molecular weight is 1480 g/mol. The largest absolute Gasteiger partial charge is 0.505 e. The normalized spacial score (nSPS) is 15.9.